The molecular weight excluding hydrogens is 214 g/mol. The minimum Gasteiger partial charge on any atom is -0.287 e. The van der Waals surface area contributed by atoms with Gasteiger partial charge in [-0.15, -0.1) is 0 Å². The average molecular weight is 235 g/mol. The summed E-state index contributed by atoms with van der Waals surface area (Å²) in [7, 11) is -3.97. The molecule has 0 amide bonds. The highest BCUT2D eigenvalue weighted by molar-refractivity contribution is 7.85. The van der Waals surface area contributed by atoms with E-state index < -0.39 is 15.7 Å². The van der Waals surface area contributed by atoms with Gasteiger partial charge < -0.3 is 0 Å². The highest BCUT2D eigenvalue weighted by atomic mass is 32.2. The number of rotatable bonds is 5. The van der Waals surface area contributed by atoms with Crippen molar-refractivity contribution in [3.63, 3.8) is 0 Å². The molecule has 0 saturated carbocycles. The molecule has 0 aromatic carbocycles. The first-order valence-corrected chi connectivity index (χ1v) is 6.70. The zero-order chi connectivity index (χ0) is 12.3. The van der Waals surface area contributed by atoms with Crippen LogP contribution < -0.4 is 0 Å². The van der Waals surface area contributed by atoms with Crippen molar-refractivity contribution in [2.75, 3.05) is 5.75 Å². The summed E-state index contributed by atoms with van der Waals surface area (Å²) in [5, 5.41) is 0. The van der Waals surface area contributed by atoms with Crippen LogP contribution in [0, 0.1) is 5.92 Å². The molecule has 0 aliphatic heterocycles. The Kier molecular flexibility index (Phi) is 4.93. The largest absolute Gasteiger partial charge is 0.287 e. The van der Waals surface area contributed by atoms with Crippen LogP contribution in [0.15, 0.2) is 4.99 Å². The van der Waals surface area contributed by atoms with E-state index in [1.54, 1.807) is 13.8 Å². The van der Waals surface area contributed by atoms with E-state index in [0.717, 1.165) is 12.1 Å². The Morgan fingerprint density at radius 1 is 1.47 bits per heavy atom. The Morgan fingerprint density at radius 3 is 2.27 bits per heavy atom. The average Bonchev–Trinajstić information content (AvgIpc) is 1.96. The normalized spacial score (nSPS) is 16.5. The van der Waals surface area contributed by atoms with Crippen LogP contribution in [-0.4, -0.2) is 30.0 Å². The Hall–Kier alpha value is -0.420. The van der Waals surface area contributed by atoms with E-state index in [1.807, 2.05) is 13.8 Å². The SMILES string of the molecule is CCC(C)C(C)=NC(C)(C)CS(=O)(=O)O. The van der Waals surface area contributed by atoms with Crippen molar-refractivity contribution >= 4 is 15.8 Å². The quantitative estimate of drug-likeness (QED) is 0.586. The zero-order valence-electron chi connectivity index (χ0n) is 10.1. The predicted octanol–water partition coefficient (Wildman–Crippen LogP) is 2.16. The van der Waals surface area contributed by atoms with Gasteiger partial charge in [-0.05, 0) is 33.1 Å². The maximum Gasteiger partial charge on any atom is 0.267 e. The first-order chi connectivity index (χ1) is 6.57. The predicted molar refractivity (Wildman–Crippen MR) is 63.1 cm³/mol. The van der Waals surface area contributed by atoms with Gasteiger partial charge in [0.15, 0.2) is 0 Å². The van der Waals surface area contributed by atoms with Gasteiger partial charge >= 0.3 is 0 Å². The van der Waals surface area contributed by atoms with Crippen molar-refractivity contribution in [2.24, 2.45) is 10.9 Å². The lowest BCUT2D eigenvalue weighted by atomic mass is 10.0. The van der Waals surface area contributed by atoms with Crippen molar-refractivity contribution in [3.05, 3.63) is 0 Å². The van der Waals surface area contributed by atoms with E-state index >= 15 is 0 Å². The lowest BCUT2D eigenvalue weighted by Gasteiger charge is -2.20. The summed E-state index contributed by atoms with van der Waals surface area (Å²) in [6.45, 7) is 9.39. The second-order valence-corrected chi connectivity index (χ2v) is 6.05. The summed E-state index contributed by atoms with van der Waals surface area (Å²) >= 11 is 0. The van der Waals surface area contributed by atoms with Gasteiger partial charge in [0.05, 0.1) is 5.54 Å². The van der Waals surface area contributed by atoms with E-state index in [2.05, 4.69) is 11.9 Å². The van der Waals surface area contributed by atoms with Crippen LogP contribution in [0.2, 0.25) is 0 Å². The summed E-state index contributed by atoms with van der Waals surface area (Å²) in [5.41, 5.74) is 0.160. The second-order valence-electron chi connectivity index (χ2n) is 4.60. The molecule has 0 radical (unpaired) electrons. The monoisotopic (exact) mass is 235 g/mol. The molecule has 5 heteroatoms. The van der Waals surface area contributed by atoms with Crippen molar-refractivity contribution in [1.29, 1.82) is 0 Å². The molecule has 0 saturated heterocycles. The van der Waals surface area contributed by atoms with E-state index in [4.69, 9.17) is 4.55 Å². The van der Waals surface area contributed by atoms with Crippen LogP contribution in [0.3, 0.4) is 0 Å². The lowest BCUT2D eigenvalue weighted by molar-refractivity contribution is 0.460. The third-order valence-corrected chi connectivity index (χ3v) is 3.41. The molecule has 0 fully saturated rings. The van der Waals surface area contributed by atoms with Crippen LogP contribution in [0.4, 0.5) is 0 Å². The van der Waals surface area contributed by atoms with Gasteiger partial charge in [-0.3, -0.25) is 9.55 Å². The molecule has 15 heavy (non-hydrogen) atoms. The molecule has 0 aromatic rings. The Labute approximate surface area is 92.5 Å². The Morgan fingerprint density at radius 2 is 1.93 bits per heavy atom. The van der Waals surface area contributed by atoms with Crippen molar-refractivity contribution in [1.82, 2.24) is 0 Å². The lowest BCUT2D eigenvalue weighted by Crippen LogP contribution is -2.30. The van der Waals surface area contributed by atoms with Crippen molar-refractivity contribution in [3.8, 4) is 0 Å². The maximum absolute atomic E-state index is 10.8. The number of hydrogen-bond donors (Lipinski definition) is 1. The molecule has 0 rings (SSSR count). The van der Waals surface area contributed by atoms with E-state index in [-0.39, 0.29) is 5.75 Å². The molecule has 1 unspecified atom stereocenters. The topological polar surface area (TPSA) is 66.7 Å². The minimum absolute atomic E-state index is 0.339. The maximum atomic E-state index is 10.8. The molecule has 1 N–H and O–H groups in total. The molecule has 0 aromatic heterocycles. The number of aliphatic imine (C=N–C) groups is 1. The first-order valence-electron chi connectivity index (χ1n) is 5.09. The second kappa shape index (κ2) is 5.07. The van der Waals surface area contributed by atoms with E-state index in [9.17, 15) is 8.42 Å². The van der Waals surface area contributed by atoms with Crippen LogP contribution in [0.1, 0.15) is 41.0 Å². The highest BCUT2D eigenvalue weighted by Crippen LogP contribution is 2.15. The van der Waals surface area contributed by atoms with E-state index in [0.29, 0.717) is 5.92 Å². The summed E-state index contributed by atoms with van der Waals surface area (Å²) in [4.78, 5) is 4.34. The molecule has 90 valence electrons. The molecular formula is C10H21NO3S. The third kappa shape index (κ3) is 6.62. The molecule has 0 bridgehead atoms. The van der Waals surface area contributed by atoms with Crippen molar-refractivity contribution in [2.45, 2.75) is 46.6 Å². The van der Waals surface area contributed by atoms with Gasteiger partial charge in [0.25, 0.3) is 10.1 Å². The van der Waals surface area contributed by atoms with Gasteiger partial charge in [-0.25, -0.2) is 0 Å². The molecule has 0 aliphatic carbocycles. The fraction of sp³-hybridized carbons (Fsp3) is 0.900. The van der Waals surface area contributed by atoms with Crippen molar-refractivity contribution < 1.29 is 13.0 Å². The minimum atomic E-state index is -3.97. The van der Waals surface area contributed by atoms with Crippen LogP contribution >= 0.6 is 0 Å². The van der Waals surface area contributed by atoms with Gasteiger partial charge in [0.1, 0.15) is 5.75 Å². The van der Waals surface area contributed by atoms with Gasteiger partial charge in [0, 0.05) is 5.71 Å². The fourth-order valence-corrected chi connectivity index (χ4v) is 2.32. The van der Waals surface area contributed by atoms with Crippen LogP contribution in [0.5, 0.6) is 0 Å². The summed E-state index contributed by atoms with van der Waals surface area (Å²) in [6, 6.07) is 0. The number of nitrogens with zero attached hydrogens (tertiary/aromatic N) is 1. The fourth-order valence-electron chi connectivity index (χ4n) is 1.36. The molecule has 0 spiro atoms. The number of hydrogen-bond acceptors (Lipinski definition) is 3. The van der Waals surface area contributed by atoms with Gasteiger partial charge in [-0.1, -0.05) is 13.8 Å². The summed E-state index contributed by atoms with van der Waals surface area (Å²) in [5.74, 6) is -0.000925. The standard InChI is InChI=1S/C10H21NO3S/c1-6-8(2)9(3)11-10(4,5)7-15(12,13)14/h8H,6-7H2,1-5H3,(H,12,13,14). The zero-order valence-corrected chi connectivity index (χ0v) is 10.9. The summed E-state index contributed by atoms with van der Waals surface area (Å²) < 4.78 is 30.3. The van der Waals surface area contributed by atoms with Crippen LogP contribution in [-0.2, 0) is 10.1 Å². The first kappa shape index (κ1) is 14.6. The van der Waals surface area contributed by atoms with Crippen LogP contribution in [0.25, 0.3) is 0 Å². The Bertz CT molecular complexity index is 331. The third-order valence-electron chi connectivity index (χ3n) is 2.34. The highest BCUT2D eigenvalue weighted by Gasteiger charge is 2.24. The van der Waals surface area contributed by atoms with E-state index in [1.165, 1.54) is 0 Å². The molecule has 0 heterocycles. The summed E-state index contributed by atoms with van der Waals surface area (Å²) in [6.07, 6.45) is 0.970. The van der Waals surface area contributed by atoms with Gasteiger partial charge in [0.2, 0.25) is 0 Å². The van der Waals surface area contributed by atoms with Gasteiger partial charge in [-0.2, -0.15) is 8.42 Å². The molecule has 1 atom stereocenters. The smallest absolute Gasteiger partial charge is 0.267 e. The molecule has 0 aliphatic rings. The molecule has 4 nitrogen and oxygen atoms in total. The Balaban J connectivity index is 4.76.